The topological polar surface area (TPSA) is 69.7 Å². The van der Waals surface area contributed by atoms with Crippen molar-refractivity contribution in [3.8, 4) is 0 Å². The zero-order valence-corrected chi connectivity index (χ0v) is 13.7. The first-order valence-electron chi connectivity index (χ1n) is 7.44. The van der Waals surface area contributed by atoms with E-state index in [1.807, 2.05) is 25.1 Å². The van der Waals surface area contributed by atoms with Crippen LogP contribution >= 0.6 is 0 Å². The molecule has 1 aliphatic rings. The molecule has 0 saturated heterocycles. The minimum atomic E-state index is -0.409. The predicted molar refractivity (Wildman–Crippen MR) is 91.6 cm³/mol. The Kier molecular flexibility index (Phi) is 3.81. The Bertz CT molecular complexity index is 858. The van der Waals surface area contributed by atoms with Crippen LogP contribution < -0.4 is 10.2 Å². The Morgan fingerprint density at radius 2 is 1.75 bits per heavy atom. The molecule has 0 spiro atoms. The molecule has 6 heteroatoms. The third-order valence-electron chi connectivity index (χ3n) is 3.99. The van der Waals surface area contributed by atoms with E-state index in [0.717, 1.165) is 10.6 Å². The maximum Gasteiger partial charge on any atom is 0.263 e. The van der Waals surface area contributed by atoms with Gasteiger partial charge in [0, 0.05) is 32.4 Å². The molecule has 1 N–H and O–H groups in total. The number of benzene rings is 2. The summed E-state index contributed by atoms with van der Waals surface area (Å²) < 4.78 is 0. The van der Waals surface area contributed by atoms with E-state index in [9.17, 15) is 14.4 Å². The lowest BCUT2D eigenvalue weighted by molar-refractivity contribution is 0.0693. The second-order valence-corrected chi connectivity index (χ2v) is 5.80. The normalized spacial score (nSPS) is 13.0. The van der Waals surface area contributed by atoms with Crippen LogP contribution in [0.3, 0.4) is 0 Å². The fourth-order valence-electron chi connectivity index (χ4n) is 2.63. The minimum Gasteiger partial charge on any atom is -0.378 e. The number of amides is 3. The van der Waals surface area contributed by atoms with Gasteiger partial charge < -0.3 is 10.2 Å². The third-order valence-corrected chi connectivity index (χ3v) is 3.99. The number of carbonyl (C=O) groups is 3. The van der Waals surface area contributed by atoms with E-state index in [2.05, 4.69) is 5.32 Å². The average Bonchev–Trinajstić information content (AvgIpc) is 2.80. The number of carbonyl (C=O) groups excluding carboxylic acids is 3. The van der Waals surface area contributed by atoms with Crippen molar-refractivity contribution in [2.75, 3.05) is 31.4 Å². The molecule has 122 valence electrons. The first kappa shape index (κ1) is 15.7. The molecule has 0 bridgehead atoms. The van der Waals surface area contributed by atoms with Crippen LogP contribution in [-0.4, -0.2) is 43.8 Å². The molecule has 3 amide bonds. The van der Waals surface area contributed by atoms with E-state index in [1.54, 1.807) is 36.4 Å². The van der Waals surface area contributed by atoms with Crippen molar-refractivity contribution < 1.29 is 14.4 Å². The monoisotopic (exact) mass is 323 g/mol. The number of rotatable bonds is 3. The molecule has 0 unspecified atom stereocenters. The highest BCUT2D eigenvalue weighted by molar-refractivity contribution is 6.24. The van der Waals surface area contributed by atoms with Crippen LogP contribution in [0, 0.1) is 0 Å². The first-order chi connectivity index (χ1) is 11.4. The van der Waals surface area contributed by atoms with Gasteiger partial charge in [-0.1, -0.05) is 12.1 Å². The highest BCUT2D eigenvalue weighted by Crippen LogP contribution is 2.29. The van der Waals surface area contributed by atoms with Gasteiger partial charge in [0.05, 0.1) is 16.8 Å². The lowest BCUT2D eigenvalue weighted by atomic mass is 10.1. The summed E-state index contributed by atoms with van der Waals surface area (Å²) in [4.78, 5) is 39.7. The van der Waals surface area contributed by atoms with Crippen molar-refractivity contribution in [3.63, 3.8) is 0 Å². The van der Waals surface area contributed by atoms with E-state index < -0.39 is 5.91 Å². The van der Waals surface area contributed by atoms with Crippen molar-refractivity contribution in [1.29, 1.82) is 0 Å². The predicted octanol–water partition coefficient (Wildman–Crippen LogP) is 2.23. The molecule has 6 nitrogen and oxygen atoms in total. The molecule has 0 atom stereocenters. The Morgan fingerprint density at radius 1 is 1.04 bits per heavy atom. The van der Waals surface area contributed by atoms with Crippen molar-refractivity contribution >= 4 is 29.1 Å². The molecule has 0 fully saturated rings. The quantitative estimate of drug-likeness (QED) is 0.880. The fraction of sp³-hybridized carbons (Fsp3) is 0.167. The lowest BCUT2D eigenvalue weighted by Crippen LogP contribution is -2.24. The summed E-state index contributed by atoms with van der Waals surface area (Å²) in [7, 11) is 5.21. The number of fused-ring (bicyclic) bond motifs is 1. The molecule has 0 aromatic heterocycles. The number of nitrogens with zero attached hydrogens (tertiary/aromatic N) is 2. The zero-order valence-electron chi connectivity index (χ0n) is 13.7. The van der Waals surface area contributed by atoms with Gasteiger partial charge >= 0.3 is 0 Å². The molecule has 0 aliphatic carbocycles. The number of hydrogen-bond acceptors (Lipinski definition) is 4. The van der Waals surface area contributed by atoms with E-state index in [4.69, 9.17) is 0 Å². The van der Waals surface area contributed by atoms with Crippen molar-refractivity contribution in [2.45, 2.75) is 0 Å². The largest absolute Gasteiger partial charge is 0.378 e. The summed E-state index contributed by atoms with van der Waals surface area (Å²) in [5, 5.41) is 2.74. The average molecular weight is 323 g/mol. The van der Waals surface area contributed by atoms with Crippen LogP contribution in [0.1, 0.15) is 31.1 Å². The second-order valence-electron chi connectivity index (χ2n) is 5.80. The number of nitrogens with one attached hydrogen (secondary N) is 1. The first-order valence-corrected chi connectivity index (χ1v) is 7.44. The summed E-state index contributed by atoms with van der Waals surface area (Å²) >= 11 is 0. The van der Waals surface area contributed by atoms with Gasteiger partial charge in [0.15, 0.2) is 0 Å². The Morgan fingerprint density at radius 3 is 2.46 bits per heavy atom. The molecule has 0 saturated carbocycles. The Hall–Kier alpha value is -3.15. The van der Waals surface area contributed by atoms with Crippen molar-refractivity contribution in [3.05, 3.63) is 59.2 Å². The summed E-state index contributed by atoms with van der Waals surface area (Å²) in [5.41, 5.74) is 2.26. The van der Waals surface area contributed by atoms with Gasteiger partial charge in [-0.3, -0.25) is 19.3 Å². The van der Waals surface area contributed by atoms with Crippen molar-refractivity contribution in [1.82, 2.24) is 4.90 Å². The molecule has 0 radical (unpaired) electrons. The number of hydrogen-bond donors (Lipinski definition) is 1. The molecular weight excluding hydrogens is 306 g/mol. The molecule has 3 rings (SSSR count). The summed E-state index contributed by atoms with van der Waals surface area (Å²) in [6.07, 6.45) is 0. The van der Waals surface area contributed by atoms with Crippen LogP contribution in [0.15, 0.2) is 42.5 Å². The maximum atomic E-state index is 12.5. The van der Waals surface area contributed by atoms with Crippen LogP contribution in [0.2, 0.25) is 0 Å². The number of anilines is 2. The van der Waals surface area contributed by atoms with Crippen LogP contribution in [-0.2, 0) is 0 Å². The van der Waals surface area contributed by atoms with E-state index in [0.29, 0.717) is 16.8 Å². The minimum absolute atomic E-state index is 0.238. The molecule has 24 heavy (non-hydrogen) atoms. The maximum absolute atomic E-state index is 12.5. The zero-order chi connectivity index (χ0) is 17.4. The van der Waals surface area contributed by atoms with Gasteiger partial charge in [0.2, 0.25) is 0 Å². The highest BCUT2D eigenvalue weighted by atomic mass is 16.2. The second kappa shape index (κ2) is 5.81. The van der Waals surface area contributed by atoms with Crippen LogP contribution in [0.25, 0.3) is 0 Å². The van der Waals surface area contributed by atoms with Crippen LogP contribution in [0.4, 0.5) is 11.4 Å². The van der Waals surface area contributed by atoms with E-state index >= 15 is 0 Å². The highest BCUT2D eigenvalue weighted by Gasteiger charge is 2.35. The molecule has 1 heterocycles. The Balaban J connectivity index is 1.94. The van der Waals surface area contributed by atoms with Gasteiger partial charge in [0.1, 0.15) is 0 Å². The number of imide groups is 1. The third kappa shape index (κ3) is 2.52. The summed E-state index contributed by atoms with van der Waals surface area (Å²) in [6, 6.07) is 12.0. The fourth-order valence-corrected chi connectivity index (χ4v) is 2.63. The van der Waals surface area contributed by atoms with Gasteiger partial charge in [-0.15, -0.1) is 0 Å². The molecule has 2 aromatic carbocycles. The Labute approximate surface area is 139 Å². The van der Waals surface area contributed by atoms with Gasteiger partial charge in [0.25, 0.3) is 17.7 Å². The SMILES string of the molecule is CN1C(=O)c2cccc(NC(=O)c3cccc(N(C)C)c3)c2C1=O. The van der Waals surface area contributed by atoms with E-state index in [-0.39, 0.29) is 17.4 Å². The lowest BCUT2D eigenvalue weighted by Gasteiger charge is -2.14. The van der Waals surface area contributed by atoms with Gasteiger partial charge in [-0.2, -0.15) is 0 Å². The van der Waals surface area contributed by atoms with Crippen molar-refractivity contribution in [2.24, 2.45) is 0 Å². The standard InChI is InChI=1S/C18H17N3O3/c1-20(2)12-7-4-6-11(10-12)16(22)19-14-9-5-8-13-15(14)18(24)21(3)17(13)23/h4-10H,1-3H3,(H,19,22). The van der Waals surface area contributed by atoms with Gasteiger partial charge in [-0.05, 0) is 30.3 Å². The molecule has 2 aromatic rings. The smallest absolute Gasteiger partial charge is 0.263 e. The van der Waals surface area contributed by atoms with Crippen LogP contribution in [0.5, 0.6) is 0 Å². The summed E-state index contributed by atoms with van der Waals surface area (Å²) in [6.45, 7) is 0. The van der Waals surface area contributed by atoms with Gasteiger partial charge in [-0.25, -0.2) is 0 Å². The molecule has 1 aliphatic heterocycles. The van der Waals surface area contributed by atoms with E-state index in [1.165, 1.54) is 7.05 Å². The molecular formula is C18H17N3O3. The summed E-state index contributed by atoms with van der Waals surface area (Å²) in [5.74, 6) is -1.10.